The van der Waals surface area contributed by atoms with Crippen LogP contribution in [0, 0.1) is 20.8 Å². The predicted molar refractivity (Wildman–Crippen MR) is 114 cm³/mol. The van der Waals surface area contributed by atoms with Crippen LogP contribution in [0.2, 0.25) is 0 Å². The average Bonchev–Trinajstić information content (AvgIpc) is 2.68. The van der Waals surface area contributed by atoms with Crippen molar-refractivity contribution in [3.05, 3.63) is 59.2 Å². The molecule has 0 unspecified atom stereocenters. The summed E-state index contributed by atoms with van der Waals surface area (Å²) in [6.07, 6.45) is 0. The molecular weight excluding hydrogens is 350 g/mol. The SMILES string of the molecule is Cc1cccc(N2CCN(CCNC(=O)COc3c(C)cccc3C)CC2)c1. The van der Waals surface area contributed by atoms with Gasteiger partial charge in [0.15, 0.2) is 6.61 Å². The zero-order valence-electron chi connectivity index (χ0n) is 17.2. The minimum absolute atomic E-state index is 0.0623. The number of hydrogen-bond acceptors (Lipinski definition) is 4. The molecule has 28 heavy (non-hydrogen) atoms. The molecule has 0 aromatic heterocycles. The van der Waals surface area contributed by atoms with Crippen molar-refractivity contribution in [3.63, 3.8) is 0 Å². The van der Waals surface area contributed by atoms with E-state index >= 15 is 0 Å². The van der Waals surface area contributed by atoms with Crippen LogP contribution in [0.1, 0.15) is 16.7 Å². The number of ether oxygens (including phenoxy) is 1. The molecule has 0 atom stereocenters. The quantitative estimate of drug-likeness (QED) is 0.801. The molecule has 150 valence electrons. The van der Waals surface area contributed by atoms with E-state index in [1.807, 2.05) is 32.0 Å². The van der Waals surface area contributed by atoms with Gasteiger partial charge in [0, 0.05) is 45.0 Å². The monoisotopic (exact) mass is 381 g/mol. The lowest BCUT2D eigenvalue weighted by Gasteiger charge is -2.36. The fraction of sp³-hybridized carbons (Fsp3) is 0.435. The zero-order chi connectivity index (χ0) is 19.9. The van der Waals surface area contributed by atoms with Crippen molar-refractivity contribution in [1.29, 1.82) is 0 Å². The van der Waals surface area contributed by atoms with Crippen LogP contribution in [-0.2, 0) is 4.79 Å². The Balaban J connectivity index is 1.35. The number of aryl methyl sites for hydroxylation is 3. The third-order valence-corrected chi connectivity index (χ3v) is 5.25. The van der Waals surface area contributed by atoms with Crippen LogP contribution >= 0.6 is 0 Å². The number of benzene rings is 2. The van der Waals surface area contributed by atoms with Gasteiger partial charge in [-0.15, -0.1) is 0 Å². The third-order valence-electron chi connectivity index (χ3n) is 5.25. The molecule has 0 spiro atoms. The number of amides is 1. The molecule has 1 saturated heterocycles. The molecule has 1 heterocycles. The molecule has 0 aliphatic carbocycles. The lowest BCUT2D eigenvalue weighted by molar-refractivity contribution is -0.123. The van der Waals surface area contributed by atoms with Gasteiger partial charge in [0.1, 0.15) is 5.75 Å². The molecule has 3 rings (SSSR count). The third kappa shape index (κ3) is 5.49. The number of anilines is 1. The highest BCUT2D eigenvalue weighted by atomic mass is 16.5. The molecule has 1 N–H and O–H groups in total. The second kappa shape index (κ2) is 9.60. The van der Waals surface area contributed by atoms with Crippen molar-refractivity contribution in [3.8, 4) is 5.75 Å². The van der Waals surface area contributed by atoms with Crippen LogP contribution in [-0.4, -0.2) is 56.7 Å². The van der Waals surface area contributed by atoms with E-state index < -0.39 is 0 Å². The van der Waals surface area contributed by atoms with E-state index in [4.69, 9.17) is 4.74 Å². The first kappa shape index (κ1) is 20.2. The molecule has 5 heteroatoms. The molecular formula is C23H31N3O2. The Morgan fingerprint density at radius 2 is 1.68 bits per heavy atom. The first-order valence-electron chi connectivity index (χ1n) is 10.0. The van der Waals surface area contributed by atoms with Crippen LogP contribution < -0.4 is 15.0 Å². The number of nitrogens with one attached hydrogen (secondary N) is 1. The second-order valence-electron chi connectivity index (χ2n) is 7.53. The van der Waals surface area contributed by atoms with Crippen LogP contribution in [0.3, 0.4) is 0 Å². The number of hydrogen-bond donors (Lipinski definition) is 1. The largest absolute Gasteiger partial charge is 0.483 e. The smallest absolute Gasteiger partial charge is 0.257 e. The van der Waals surface area contributed by atoms with Crippen molar-refractivity contribution >= 4 is 11.6 Å². The maximum absolute atomic E-state index is 12.1. The summed E-state index contributed by atoms with van der Waals surface area (Å²) in [4.78, 5) is 16.9. The van der Waals surface area contributed by atoms with Gasteiger partial charge in [0.25, 0.3) is 5.91 Å². The van der Waals surface area contributed by atoms with E-state index in [0.29, 0.717) is 6.54 Å². The van der Waals surface area contributed by atoms with Crippen molar-refractivity contribution in [2.24, 2.45) is 0 Å². The highest BCUT2D eigenvalue weighted by Gasteiger charge is 2.17. The van der Waals surface area contributed by atoms with Crippen LogP contribution in [0.5, 0.6) is 5.75 Å². The van der Waals surface area contributed by atoms with Crippen molar-refractivity contribution < 1.29 is 9.53 Å². The highest BCUT2D eigenvalue weighted by Crippen LogP contribution is 2.22. The van der Waals surface area contributed by atoms with Gasteiger partial charge >= 0.3 is 0 Å². The Bertz CT molecular complexity index is 778. The summed E-state index contributed by atoms with van der Waals surface area (Å²) in [7, 11) is 0. The van der Waals surface area contributed by atoms with Crippen molar-refractivity contribution in [1.82, 2.24) is 10.2 Å². The molecule has 2 aromatic rings. The first-order chi connectivity index (χ1) is 13.5. The summed E-state index contributed by atoms with van der Waals surface area (Å²) < 4.78 is 5.71. The van der Waals surface area contributed by atoms with E-state index in [1.165, 1.54) is 11.3 Å². The Morgan fingerprint density at radius 3 is 2.36 bits per heavy atom. The number of piperazine rings is 1. The normalized spacial score (nSPS) is 14.8. The van der Waals surface area contributed by atoms with Gasteiger partial charge in [-0.25, -0.2) is 0 Å². The van der Waals surface area contributed by atoms with E-state index in [0.717, 1.165) is 49.6 Å². The van der Waals surface area contributed by atoms with Gasteiger partial charge in [-0.1, -0.05) is 30.3 Å². The lowest BCUT2D eigenvalue weighted by Crippen LogP contribution is -2.48. The Hall–Kier alpha value is -2.53. The molecule has 1 aliphatic heterocycles. The number of rotatable bonds is 7. The maximum atomic E-state index is 12.1. The summed E-state index contributed by atoms with van der Waals surface area (Å²) in [6, 6.07) is 14.7. The standard InChI is InChI=1S/C23H31N3O2/c1-18-6-4-9-21(16-18)26-14-12-25(13-15-26)11-10-24-22(27)17-28-23-19(2)7-5-8-20(23)3/h4-9,16H,10-15,17H2,1-3H3,(H,24,27). The molecule has 2 aromatic carbocycles. The summed E-state index contributed by atoms with van der Waals surface area (Å²) >= 11 is 0. The molecule has 0 saturated carbocycles. The van der Waals surface area contributed by atoms with Crippen molar-refractivity contribution in [2.75, 3.05) is 50.8 Å². The number of para-hydroxylation sites is 1. The molecule has 1 aliphatic rings. The summed E-state index contributed by atoms with van der Waals surface area (Å²) in [5.41, 5.74) is 4.71. The fourth-order valence-electron chi connectivity index (χ4n) is 3.62. The van der Waals surface area contributed by atoms with Crippen LogP contribution in [0.4, 0.5) is 5.69 Å². The van der Waals surface area contributed by atoms with Gasteiger partial charge in [-0.05, 0) is 49.6 Å². The Labute approximate surface area is 168 Å². The van der Waals surface area contributed by atoms with E-state index in [9.17, 15) is 4.79 Å². The molecule has 1 amide bonds. The highest BCUT2D eigenvalue weighted by molar-refractivity contribution is 5.77. The first-order valence-corrected chi connectivity index (χ1v) is 10.0. The Kier molecular flexibility index (Phi) is 6.93. The zero-order valence-corrected chi connectivity index (χ0v) is 17.2. The molecule has 0 radical (unpaired) electrons. The summed E-state index contributed by atoms with van der Waals surface area (Å²) in [5.74, 6) is 0.742. The van der Waals surface area contributed by atoms with Gasteiger partial charge in [-0.3, -0.25) is 9.69 Å². The van der Waals surface area contributed by atoms with Crippen LogP contribution in [0.25, 0.3) is 0 Å². The van der Waals surface area contributed by atoms with Gasteiger partial charge in [-0.2, -0.15) is 0 Å². The predicted octanol–water partition coefficient (Wildman–Crippen LogP) is 2.93. The van der Waals surface area contributed by atoms with Gasteiger partial charge in [0.2, 0.25) is 0 Å². The number of nitrogens with zero attached hydrogens (tertiary/aromatic N) is 2. The van der Waals surface area contributed by atoms with Gasteiger partial charge in [0.05, 0.1) is 0 Å². The van der Waals surface area contributed by atoms with E-state index in [-0.39, 0.29) is 12.5 Å². The lowest BCUT2D eigenvalue weighted by atomic mass is 10.1. The summed E-state index contributed by atoms with van der Waals surface area (Å²) in [5, 5.41) is 2.97. The number of carbonyl (C=O) groups is 1. The molecule has 0 bridgehead atoms. The minimum atomic E-state index is -0.0685. The average molecular weight is 382 g/mol. The fourth-order valence-corrected chi connectivity index (χ4v) is 3.62. The van der Waals surface area contributed by atoms with E-state index in [1.54, 1.807) is 0 Å². The molecule has 1 fully saturated rings. The van der Waals surface area contributed by atoms with Crippen molar-refractivity contribution in [2.45, 2.75) is 20.8 Å². The van der Waals surface area contributed by atoms with Gasteiger partial charge < -0.3 is 15.0 Å². The van der Waals surface area contributed by atoms with E-state index in [2.05, 4.69) is 46.3 Å². The number of carbonyl (C=O) groups excluding carboxylic acids is 1. The minimum Gasteiger partial charge on any atom is -0.483 e. The summed E-state index contributed by atoms with van der Waals surface area (Å²) in [6.45, 7) is 11.8. The molecule has 5 nitrogen and oxygen atoms in total. The Morgan fingerprint density at radius 1 is 1.00 bits per heavy atom. The van der Waals surface area contributed by atoms with Crippen LogP contribution in [0.15, 0.2) is 42.5 Å². The maximum Gasteiger partial charge on any atom is 0.257 e. The topological polar surface area (TPSA) is 44.8 Å². The second-order valence-corrected chi connectivity index (χ2v) is 7.53.